The molecular weight excluding hydrogens is 685 g/mol. The van der Waals surface area contributed by atoms with E-state index in [1.54, 1.807) is 47.0 Å². The number of allylic oxidation sites excluding steroid dienone is 13. The van der Waals surface area contributed by atoms with Crippen molar-refractivity contribution in [1.82, 2.24) is 0 Å². The standard InChI is InChI=1S/C16H22.C9H7.C5H5.4ClH.2Zr/c1-9-7-15(13(5)11(9)3)16-8-10(2)12(4)14(16)6;1-2-5-9-7-3-6-8(9)4-1;1-2-4-5-3-1;;;;;;/h7-8H2,1-6H3;1-7H;1-3H,4H2;4*1H;;/q;;;;;;;2*+2/p-4. The van der Waals surface area contributed by atoms with Gasteiger partial charge in [-0.15, -0.1) is 0 Å². The van der Waals surface area contributed by atoms with Gasteiger partial charge in [0.05, 0.1) is 0 Å². The maximum absolute atomic E-state index is 5.74. The quantitative estimate of drug-likeness (QED) is 0.432. The SMILES string of the molecule is CC1=C(C)C(C)=C(C2=C(C)C(C)=C(C)C2)C1.[Cl-].[Cl-].[Cl][Zr]([Cl])[C]1=CC=CC1.[Zr+2][CH]1C=Cc2ccccc21. The van der Waals surface area contributed by atoms with Gasteiger partial charge in [-0.3, -0.25) is 0 Å². The van der Waals surface area contributed by atoms with E-state index in [9.17, 15) is 0 Å². The number of benzene rings is 1. The van der Waals surface area contributed by atoms with Crippen LogP contribution in [0.4, 0.5) is 0 Å². The van der Waals surface area contributed by atoms with Crippen LogP contribution in [-0.4, -0.2) is 0 Å². The fourth-order valence-corrected chi connectivity index (χ4v) is 8.41. The molecule has 0 N–H and O–H groups in total. The second-order valence-corrected chi connectivity index (χ2v) is 19.4. The molecule has 0 aromatic heterocycles. The van der Waals surface area contributed by atoms with Crippen molar-refractivity contribution in [3.8, 4) is 0 Å². The molecule has 0 spiro atoms. The molecule has 0 saturated heterocycles. The van der Waals surface area contributed by atoms with Crippen molar-refractivity contribution >= 4 is 23.1 Å². The molecule has 0 nitrogen and oxygen atoms in total. The molecule has 1 unspecified atom stereocenters. The number of rotatable bonds is 2. The number of hydrogen-bond acceptors (Lipinski definition) is 0. The average Bonchev–Trinajstić information content (AvgIpc) is 3.59. The van der Waals surface area contributed by atoms with Crippen molar-refractivity contribution < 1.29 is 68.9 Å². The van der Waals surface area contributed by atoms with Crippen LogP contribution in [-0.2, 0) is 44.1 Å². The van der Waals surface area contributed by atoms with E-state index in [1.165, 1.54) is 49.5 Å². The van der Waals surface area contributed by atoms with E-state index in [0.29, 0.717) is 3.63 Å². The summed E-state index contributed by atoms with van der Waals surface area (Å²) < 4.78 is 2.00. The fourth-order valence-electron chi connectivity index (χ4n) is 4.66. The second kappa shape index (κ2) is 15.8. The minimum absolute atomic E-state index is 0. The monoisotopic (exact) mass is 714 g/mol. The van der Waals surface area contributed by atoms with Gasteiger partial charge in [-0.05, 0) is 87.8 Å². The molecule has 0 heterocycles. The second-order valence-electron chi connectivity index (χ2n) is 9.42. The number of fused-ring (bicyclic) bond motifs is 1. The maximum atomic E-state index is 5.74. The Morgan fingerprint density at radius 2 is 1.33 bits per heavy atom. The molecular formula is C30H34Cl4Zr2. The molecule has 0 radical (unpaired) electrons. The first kappa shape index (κ1) is 34.4. The Morgan fingerprint density at radius 3 is 1.69 bits per heavy atom. The van der Waals surface area contributed by atoms with Crippen LogP contribution in [0.1, 0.15) is 75.6 Å². The molecule has 4 aliphatic carbocycles. The number of hydrogen-bond donors (Lipinski definition) is 0. The van der Waals surface area contributed by atoms with Gasteiger partial charge in [0.25, 0.3) is 0 Å². The van der Waals surface area contributed by atoms with E-state index < -0.39 is 19.4 Å². The van der Waals surface area contributed by atoms with E-state index >= 15 is 0 Å². The molecule has 5 rings (SSSR count). The molecule has 1 aromatic carbocycles. The van der Waals surface area contributed by atoms with Crippen LogP contribution in [0.2, 0.25) is 0 Å². The van der Waals surface area contributed by atoms with Crippen molar-refractivity contribution in [3.05, 3.63) is 108 Å². The van der Waals surface area contributed by atoms with E-state index in [0.717, 1.165) is 6.42 Å². The van der Waals surface area contributed by atoms with Crippen LogP contribution in [0, 0.1) is 0 Å². The van der Waals surface area contributed by atoms with Crippen LogP contribution in [0.25, 0.3) is 6.08 Å². The van der Waals surface area contributed by atoms with Gasteiger partial charge in [0.1, 0.15) is 0 Å². The Labute approximate surface area is 261 Å². The summed E-state index contributed by atoms with van der Waals surface area (Å²) in [5.74, 6) is 0. The predicted octanol–water partition coefficient (Wildman–Crippen LogP) is 4.16. The van der Waals surface area contributed by atoms with Gasteiger partial charge in [-0.1, -0.05) is 11.1 Å². The Hall–Kier alpha value is 0.326. The van der Waals surface area contributed by atoms with Crippen molar-refractivity contribution in [1.29, 1.82) is 0 Å². The Balaban J connectivity index is 0.000000281. The third-order valence-corrected chi connectivity index (χ3v) is 13.6. The van der Waals surface area contributed by atoms with Gasteiger partial charge in [0.15, 0.2) is 0 Å². The zero-order valence-corrected chi connectivity index (χ0v) is 29.8. The molecule has 4 aliphatic rings. The van der Waals surface area contributed by atoms with Crippen LogP contribution in [0.15, 0.2) is 96.4 Å². The Morgan fingerprint density at radius 1 is 0.806 bits per heavy atom. The van der Waals surface area contributed by atoms with Gasteiger partial charge < -0.3 is 24.8 Å². The van der Waals surface area contributed by atoms with Gasteiger partial charge in [-0.25, -0.2) is 0 Å². The van der Waals surface area contributed by atoms with Gasteiger partial charge in [-0.2, -0.15) is 0 Å². The zero-order chi connectivity index (χ0) is 25.0. The zero-order valence-electron chi connectivity index (χ0n) is 21.9. The first-order valence-electron chi connectivity index (χ1n) is 11.9. The molecule has 36 heavy (non-hydrogen) atoms. The van der Waals surface area contributed by atoms with Crippen molar-refractivity contribution in [2.75, 3.05) is 0 Å². The van der Waals surface area contributed by atoms with Crippen LogP contribution in [0.5, 0.6) is 0 Å². The van der Waals surface area contributed by atoms with E-state index in [4.69, 9.17) is 17.0 Å². The van der Waals surface area contributed by atoms with Crippen molar-refractivity contribution in [2.45, 2.75) is 64.4 Å². The van der Waals surface area contributed by atoms with Crippen molar-refractivity contribution in [3.63, 3.8) is 0 Å². The molecule has 0 fully saturated rings. The molecule has 6 heteroatoms. The van der Waals surface area contributed by atoms with Gasteiger partial charge in [0, 0.05) is 0 Å². The van der Waals surface area contributed by atoms with Crippen LogP contribution < -0.4 is 24.8 Å². The van der Waals surface area contributed by atoms with Crippen molar-refractivity contribution in [2.24, 2.45) is 0 Å². The molecule has 0 aliphatic heterocycles. The summed E-state index contributed by atoms with van der Waals surface area (Å²) >= 11 is -0.376. The average molecular weight is 719 g/mol. The summed E-state index contributed by atoms with van der Waals surface area (Å²) in [7, 11) is 11.5. The summed E-state index contributed by atoms with van der Waals surface area (Å²) in [6.07, 6.45) is 14.0. The van der Waals surface area contributed by atoms with E-state index in [1.807, 2.05) is 12.2 Å². The number of halogens is 4. The predicted molar refractivity (Wildman–Crippen MR) is 143 cm³/mol. The topological polar surface area (TPSA) is 0 Å². The fraction of sp³-hybridized carbons (Fsp3) is 0.333. The van der Waals surface area contributed by atoms with E-state index in [2.05, 4.69) is 84.0 Å². The molecule has 1 aromatic rings. The normalized spacial score (nSPS) is 19.4. The molecule has 0 bridgehead atoms. The molecule has 190 valence electrons. The molecule has 1 atom stereocenters. The first-order chi connectivity index (χ1) is 16.1. The summed E-state index contributed by atoms with van der Waals surface area (Å²) in [5.41, 5.74) is 15.3. The molecule has 0 amide bonds. The minimum atomic E-state index is -1.96. The third-order valence-electron chi connectivity index (χ3n) is 7.37. The third kappa shape index (κ3) is 8.41. The van der Waals surface area contributed by atoms with Gasteiger partial charge in [0.2, 0.25) is 0 Å². The molecule has 0 saturated carbocycles. The Bertz CT molecular complexity index is 1130. The first-order valence-corrected chi connectivity index (χ1v) is 20.8. The van der Waals surface area contributed by atoms with E-state index in [-0.39, 0.29) is 24.8 Å². The summed E-state index contributed by atoms with van der Waals surface area (Å²) in [6.45, 7) is 13.6. The summed E-state index contributed by atoms with van der Waals surface area (Å²) in [4.78, 5) is 0. The summed E-state index contributed by atoms with van der Waals surface area (Å²) in [6, 6.07) is 8.60. The van der Waals surface area contributed by atoms with Crippen LogP contribution in [0.3, 0.4) is 0 Å². The Kier molecular flexibility index (Phi) is 15.1. The van der Waals surface area contributed by atoms with Gasteiger partial charge >= 0.3 is 140 Å². The van der Waals surface area contributed by atoms with Crippen LogP contribution >= 0.6 is 17.0 Å². The summed E-state index contributed by atoms with van der Waals surface area (Å²) in [5, 5.41) is 0.